The van der Waals surface area contributed by atoms with E-state index in [2.05, 4.69) is 5.32 Å². The fourth-order valence-electron chi connectivity index (χ4n) is 2.53. The predicted molar refractivity (Wildman–Crippen MR) is 107 cm³/mol. The second-order valence-corrected chi connectivity index (χ2v) is 6.16. The van der Waals surface area contributed by atoms with Gasteiger partial charge in [-0.1, -0.05) is 37.3 Å². The number of nitrogens with one attached hydrogen (secondary N) is 1. The molecule has 0 fully saturated rings. The fraction of sp³-hybridized carbons (Fsp3) is 0.273. The number of carbonyl (C=O) groups is 2. The second-order valence-electron chi connectivity index (χ2n) is 6.16. The van der Waals surface area contributed by atoms with Gasteiger partial charge in [0.2, 0.25) is 0 Å². The van der Waals surface area contributed by atoms with Crippen LogP contribution in [0.25, 0.3) is 6.08 Å². The van der Waals surface area contributed by atoms with Crippen LogP contribution in [0.15, 0.2) is 54.6 Å². The van der Waals surface area contributed by atoms with Crippen molar-refractivity contribution in [2.45, 2.75) is 12.8 Å². The van der Waals surface area contributed by atoms with Crippen LogP contribution >= 0.6 is 0 Å². The number of rotatable bonds is 9. The van der Waals surface area contributed by atoms with Crippen molar-refractivity contribution in [3.05, 3.63) is 65.7 Å². The van der Waals surface area contributed by atoms with Crippen LogP contribution in [-0.4, -0.2) is 39.2 Å². The van der Waals surface area contributed by atoms with E-state index in [1.165, 1.54) is 13.2 Å². The molecule has 0 aliphatic rings. The summed E-state index contributed by atoms with van der Waals surface area (Å²) in [4.78, 5) is 23.8. The summed E-state index contributed by atoms with van der Waals surface area (Å²) in [6, 6.07) is 15.1. The van der Waals surface area contributed by atoms with Crippen LogP contribution in [0.3, 0.4) is 0 Å². The third kappa shape index (κ3) is 6.46. The molecule has 0 radical (unpaired) electrons. The van der Waals surface area contributed by atoms with Gasteiger partial charge in [-0.25, -0.2) is 4.79 Å². The zero-order chi connectivity index (χ0) is 20.4. The third-order valence-corrected chi connectivity index (χ3v) is 4.16. The number of ether oxygens (including phenoxy) is 3. The Kier molecular flexibility index (Phi) is 8.09. The maximum absolute atomic E-state index is 11.9. The number of esters is 1. The molecule has 0 aliphatic heterocycles. The molecular weight excluding hydrogens is 358 g/mol. The molecule has 6 heteroatoms. The van der Waals surface area contributed by atoms with Crippen LogP contribution in [0, 0.1) is 0 Å². The summed E-state index contributed by atoms with van der Waals surface area (Å²) in [6.07, 6.45) is 2.80. The Balaban J connectivity index is 1.80. The number of amides is 1. The van der Waals surface area contributed by atoms with Crippen molar-refractivity contribution in [3.63, 3.8) is 0 Å². The highest BCUT2D eigenvalue weighted by atomic mass is 16.5. The summed E-state index contributed by atoms with van der Waals surface area (Å²) >= 11 is 0. The van der Waals surface area contributed by atoms with Crippen molar-refractivity contribution in [1.82, 2.24) is 5.32 Å². The number of hydrogen-bond acceptors (Lipinski definition) is 5. The van der Waals surface area contributed by atoms with Gasteiger partial charge >= 0.3 is 5.97 Å². The highest BCUT2D eigenvalue weighted by Crippen LogP contribution is 2.25. The molecule has 2 aromatic rings. The van der Waals surface area contributed by atoms with Crippen LogP contribution in [-0.2, 0) is 14.3 Å². The topological polar surface area (TPSA) is 73.9 Å². The van der Waals surface area contributed by atoms with Gasteiger partial charge < -0.3 is 19.5 Å². The molecular formula is C22H25NO5. The molecule has 2 rings (SSSR count). The van der Waals surface area contributed by atoms with E-state index in [9.17, 15) is 9.59 Å². The lowest BCUT2D eigenvalue weighted by Crippen LogP contribution is -2.31. The second kappa shape index (κ2) is 10.8. The molecule has 28 heavy (non-hydrogen) atoms. The minimum Gasteiger partial charge on any atom is -0.497 e. The van der Waals surface area contributed by atoms with Gasteiger partial charge in [0, 0.05) is 18.2 Å². The van der Waals surface area contributed by atoms with Gasteiger partial charge in [0.15, 0.2) is 6.61 Å². The first-order chi connectivity index (χ1) is 13.5. The summed E-state index contributed by atoms with van der Waals surface area (Å²) in [6.45, 7) is 2.16. The molecule has 0 saturated carbocycles. The van der Waals surface area contributed by atoms with Crippen molar-refractivity contribution in [2.75, 3.05) is 27.4 Å². The summed E-state index contributed by atoms with van der Waals surface area (Å²) in [7, 11) is 3.10. The summed E-state index contributed by atoms with van der Waals surface area (Å²) < 4.78 is 15.4. The zero-order valence-electron chi connectivity index (χ0n) is 16.3. The largest absolute Gasteiger partial charge is 0.497 e. The van der Waals surface area contributed by atoms with Crippen LogP contribution in [0.5, 0.6) is 11.5 Å². The lowest BCUT2D eigenvalue weighted by Gasteiger charge is -2.13. The van der Waals surface area contributed by atoms with Crippen LogP contribution in [0.4, 0.5) is 0 Å². The molecule has 0 bridgehead atoms. The van der Waals surface area contributed by atoms with Gasteiger partial charge in [0.25, 0.3) is 5.91 Å². The Morgan fingerprint density at radius 3 is 2.50 bits per heavy atom. The van der Waals surface area contributed by atoms with E-state index in [-0.39, 0.29) is 18.4 Å². The van der Waals surface area contributed by atoms with Gasteiger partial charge in [-0.05, 0) is 35.8 Å². The van der Waals surface area contributed by atoms with Gasteiger partial charge in [-0.15, -0.1) is 0 Å². The third-order valence-electron chi connectivity index (χ3n) is 4.16. The van der Waals surface area contributed by atoms with E-state index < -0.39 is 5.97 Å². The maximum atomic E-state index is 11.9. The molecule has 0 aliphatic carbocycles. The van der Waals surface area contributed by atoms with Crippen LogP contribution in [0.2, 0.25) is 0 Å². The molecule has 148 valence electrons. The van der Waals surface area contributed by atoms with E-state index in [0.29, 0.717) is 23.6 Å². The Labute approximate surface area is 165 Å². The van der Waals surface area contributed by atoms with E-state index in [1.54, 1.807) is 31.4 Å². The van der Waals surface area contributed by atoms with Gasteiger partial charge in [0.05, 0.1) is 14.2 Å². The normalized spacial score (nSPS) is 11.7. The monoisotopic (exact) mass is 383 g/mol. The Morgan fingerprint density at radius 2 is 1.82 bits per heavy atom. The van der Waals surface area contributed by atoms with Gasteiger partial charge in [0.1, 0.15) is 11.5 Å². The maximum Gasteiger partial charge on any atom is 0.331 e. The van der Waals surface area contributed by atoms with Gasteiger partial charge in [-0.3, -0.25) is 4.79 Å². The summed E-state index contributed by atoms with van der Waals surface area (Å²) in [5, 5.41) is 2.77. The van der Waals surface area contributed by atoms with E-state index in [4.69, 9.17) is 14.2 Å². The number of methoxy groups -OCH3 is 2. The van der Waals surface area contributed by atoms with E-state index >= 15 is 0 Å². The Bertz CT molecular complexity index is 817. The minimum absolute atomic E-state index is 0.168. The summed E-state index contributed by atoms with van der Waals surface area (Å²) in [5.41, 5.74) is 1.80. The quantitative estimate of drug-likeness (QED) is 0.532. The molecule has 2 aromatic carbocycles. The van der Waals surface area contributed by atoms with Crippen LogP contribution in [0.1, 0.15) is 24.0 Å². The lowest BCUT2D eigenvalue weighted by atomic mass is 10.0. The number of hydrogen-bond donors (Lipinski definition) is 1. The van der Waals surface area contributed by atoms with E-state index in [0.717, 1.165) is 5.56 Å². The highest BCUT2D eigenvalue weighted by molar-refractivity contribution is 5.89. The van der Waals surface area contributed by atoms with Gasteiger partial charge in [-0.2, -0.15) is 0 Å². The Hall–Kier alpha value is -3.28. The Morgan fingerprint density at radius 1 is 1.07 bits per heavy atom. The first-order valence-electron chi connectivity index (χ1n) is 8.92. The fourth-order valence-corrected chi connectivity index (χ4v) is 2.53. The molecule has 0 heterocycles. The average Bonchev–Trinajstić information content (AvgIpc) is 2.74. The van der Waals surface area contributed by atoms with Crippen molar-refractivity contribution in [3.8, 4) is 11.5 Å². The molecule has 0 spiro atoms. The van der Waals surface area contributed by atoms with E-state index in [1.807, 2.05) is 37.3 Å². The highest BCUT2D eigenvalue weighted by Gasteiger charge is 2.09. The zero-order valence-corrected chi connectivity index (χ0v) is 16.3. The van der Waals surface area contributed by atoms with Crippen molar-refractivity contribution in [1.29, 1.82) is 0 Å². The predicted octanol–water partition coefficient (Wildman–Crippen LogP) is 3.18. The van der Waals surface area contributed by atoms with Crippen LogP contribution < -0.4 is 14.8 Å². The number of benzene rings is 2. The molecule has 0 saturated heterocycles. The smallest absolute Gasteiger partial charge is 0.331 e. The molecule has 0 unspecified atom stereocenters. The molecule has 6 nitrogen and oxygen atoms in total. The standard InChI is InChI=1S/C22H25NO5/c1-16(17-7-5-4-6-8-17)14-23-21(24)15-28-22(25)12-9-18-13-19(26-2)10-11-20(18)27-3/h4-13,16H,14-15H2,1-3H3,(H,23,24)/b12-9+/t16-/m0/s1. The molecule has 1 atom stereocenters. The van der Waals surface area contributed by atoms with Crippen molar-refractivity contribution < 1.29 is 23.8 Å². The number of carbonyl (C=O) groups excluding carboxylic acids is 2. The SMILES string of the molecule is COc1ccc(OC)c(/C=C/C(=O)OCC(=O)NC[C@H](C)c2ccccc2)c1. The summed E-state index contributed by atoms with van der Waals surface area (Å²) in [5.74, 6) is 0.444. The molecule has 1 amide bonds. The lowest BCUT2D eigenvalue weighted by molar-refractivity contribution is -0.143. The van der Waals surface area contributed by atoms with Crippen molar-refractivity contribution in [2.24, 2.45) is 0 Å². The molecule has 0 aromatic heterocycles. The average molecular weight is 383 g/mol. The first-order valence-corrected chi connectivity index (χ1v) is 8.92. The van der Waals surface area contributed by atoms with Crippen molar-refractivity contribution >= 4 is 18.0 Å². The minimum atomic E-state index is -0.615. The molecule has 1 N–H and O–H groups in total. The first kappa shape index (κ1) is 21.0.